The van der Waals surface area contributed by atoms with E-state index in [9.17, 15) is 36.8 Å². The van der Waals surface area contributed by atoms with Crippen LogP contribution in [0, 0.1) is 11.5 Å². The van der Waals surface area contributed by atoms with Crippen LogP contribution in [0.3, 0.4) is 0 Å². The molecule has 2 N–H and O–H groups in total. The lowest BCUT2D eigenvalue weighted by Gasteiger charge is -2.26. The second-order valence-electron chi connectivity index (χ2n) is 7.47. The maximum Gasteiger partial charge on any atom is 0.416 e. The Bertz CT molecular complexity index is 1220. The van der Waals surface area contributed by atoms with Crippen LogP contribution in [0.25, 0.3) is 0 Å². The van der Waals surface area contributed by atoms with Crippen LogP contribution in [-0.2, 0) is 16.2 Å². The summed E-state index contributed by atoms with van der Waals surface area (Å²) in [5, 5.41) is 19.1. The SMILES string of the molecule is N#CN1C[C@H](NS(=O)(=O)c2cc(Br)ccc2Br)C[C@@H]1CN(C(=O)O)c1ccc(C(F)(F)F)cc1. The highest BCUT2D eigenvalue weighted by atomic mass is 79.9. The molecule has 182 valence electrons. The number of amides is 1. The molecule has 0 bridgehead atoms. The Morgan fingerprint density at radius 3 is 2.44 bits per heavy atom. The number of rotatable bonds is 6. The number of nitrogens with zero attached hydrogens (tertiary/aromatic N) is 3. The Labute approximate surface area is 210 Å². The number of nitriles is 1. The van der Waals surface area contributed by atoms with Crippen molar-refractivity contribution in [1.29, 1.82) is 5.26 Å². The van der Waals surface area contributed by atoms with Gasteiger partial charge in [0.15, 0.2) is 6.19 Å². The fourth-order valence-corrected chi connectivity index (χ4v) is 6.34. The number of carboxylic acid groups (broad SMARTS) is 1. The first kappa shape index (κ1) is 26.3. The van der Waals surface area contributed by atoms with Gasteiger partial charge < -0.3 is 10.0 Å². The summed E-state index contributed by atoms with van der Waals surface area (Å²) in [5.74, 6) is 0. The summed E-state index contributed by atoms with van der Waals surface area (Å²) < 4.78 is 67.6. The van der Waals surface area contributed by atoms with Gasteiger partial charge in [0.05, 0.1) is 23.0 Å². The molecule has 3 rings (SSSR count). The number of anilines is 1. The summed E-state index contributed by atoms with van der Waals surface area (Å²) in [6, 6.07) is 6.87. The van der Waals surface area contributed by atoms with Gasteiger partial charge in [-0.3, -0.25) is 4.90 Å². The zero-order valence-corrected chi connectivity index (χ0v) is 21.1. The molecular weight excluding hydrogens is 609 g/mol. The van der Waals surface area contributed by atoms with Crippen molar-refractivity contribution in [3.05, 3.63) is 57.0 Å². The van der Waals surface area contributed by atoms with Gasteiger partial charge in [0.1, 0.15) is 0 Å². The first-order valence-electron chi connectivity index (χ1n) is 9.63. The number of carbonyl (C=O) groups is 1. The number of hydrogen-bond donors (Lipinski definition) is 2. The molecule has 14 heteroatoms. The molecule has 2 aromatic rings. The number of likely N-dealkylation sites (tertiary alicyclic amines) is 1. The summed E-state index contributed by atoms with van der Waals surface area (Å²) in [6.45, 7) is -0.237. The number of sulfonamides is 1. The lowest BCUT2D eigenvalue weighted by molar-refractivity contribution is -0.137. The topological polar surface area (TPSA) is 114 Å². The maximum absolute atomic E-state index is 12.9. The average Bonchev–Trinajstić information content (AvgIpc) is 3.13. The van der Waals surface area contributed by atoms with E-state index in [2.05, 4.69) is 36.6 Å². The lowest BCUT2D eigenvalue weighted by Crippen LogP contribution is -2.41. The Morgan fingerprint density at radius 2 is 1.88 bits per heavy atom. The van der Waals surface area contributed by atoms with Gasteiger partial charge in [-0.2, -0.15) is 18.4 Å². The predicted molar refractivity (Wildman–Crippen MR) is 123 cm³/mol. The largest absolute Gasteiger partial charge is 0.465 e. The van der Waals surface area contributed by atoms with Gasteiger partial charge >= 0.3 is 12.3 Å². The normalized spacial score (nSPS) is 18.5. The molecule has 8 nitrogen and oxygen atoms in total. The second kappa shape index (κ2) is 10.1. The highest BCUT2D eigenvalue weighted by Crippen LogP contribution is 2.31. The summed E-state index contributed by atoms with van der Waals surface area (Å²) >= 11 is 6.42. The van der Waals surface area contributed by atoms with Crippen LogP contribution in [0.5, 0.6) is 0 Å². The van der Waals surface area contributed by atoms with Crippen molar-refractivity contribution in [2.45, 2.75) is 29.6 Å². The minimum atomic E-state index is -4.57. The third kappa shape index (κ3) is 6.01. The number of hydrogen-bond acceptors (Lipinski definition) is 5. The average molecular weight is 626 g/mol. The smallest absolute Gasteiger partial charge is 0.416 e. The highest BCUT2D eigenvalue weighted by Gasteiger charge is 2.37. The third-order valence-corrected chi connectivity index (χ3v) is 8.19. The molecule has 0 radical (unpaired) electrons. The van der Waals surface area contributed by atoms with Crippen LogP contribution in [0.2, 0.25) is 0 Å². The number of halogens is 5. The lowest BCUT2D eigenvalue weighted by atomic mass is 10.1. The molecule has 2 atom stereocenters. The Balaban J connectivity index is 1.77. The van der Waals surface area contributed by atoms with Crippen LogP contribution in [0.4, 0.5) is 23.7 Å². The van der Waals surface area contributed by atoms with E-state index in [0.717, 1.165) is 29.2 Å². The first-order chi connectivity index (χ1) is 15.8. The molecule has 0 aromatic heterocycles. The van der Waals surface area contributed by atoms with Gasteiger partial charge in [-0.15, -0.1) is 0 Å². The molecule has 1 aliphatic rings. The fourth-order valence-electron chi connectivity index (χ4n) is 3.60. The van der Waals surface area contributed by atoms with Crippen LogP contribution < -0.4 is 9.62 Å². The van der Waals surface area contributed by atoms with E-state index >= 15 is 0 Å². The van der Waals surface area contributed by atoms with Crippen molar-refractivity contribution in [1.82, 2.24) is 9.62 Å². The van der Waals surface area contributed by atoms with Crippen LogP contribution in [0.1, 0.15) is 12.0 Å². The number of nitrogens with one attached hydrogen (secondary N) is 1. The van der Waals surface area contributed by atoms with Crippen molar-refractivity contribution in [2.24, 2.45) is 0 Å². The van der Waals surface area contributed by atoms with E-state index in [1.165, 1.54) is 11.0 Å². The monoisotopic (exact) mass is 624 g/mol. The minimum absolute atomic E-state index is 0.000451. The third-order valence-electron chi connectivity index (χ3n) is 5.18. The van der Waals surface area contributed by atoms with Gasteiger partial charge in [-0.25, -0.2) is 17.9 Å². The molecule has 1 heterocycles. The molecule has 0 saturated carbocycles. The molecule has 1 fully saturated rings. The highest BCUT2D eigenvalue weighted by molar-refractivity contribution is 9.11. The predicted octanol–water partition coefficient (Wildman–Crippen LogP) is 4.62. The maximum atomic E-state index is 12.9. The van der Waals surface area contributed by atoms with Crippen molar-refractivity contribution in [2.75, 3.05) is 18.0 Å². The standard InChI is InChI=1S/C20H17Br2F3N4O4S/c21-13-3-6-17(22)18(7-13)34(32,33)27-14-8-16(28(9-14)11-26)10-29(19(30)31)15-4-1-12(2-5-15)20(23,24)25/h1-7,14,16,27H,8-10H2,(H,30,31)/t14-,16-/m1/s1. The van der Waals surface area contributed by atoms with Gasteiger partial charge in [-0.1, -0.05) is 15.9 Å². The zero-order valence-electron chi connectivity index (χ0n) is 17.1. The number of alkyl halides is 3. The van der Waals surface area contributed by atoms with E-state index in [4.69, 9.17) is 0 Å². The molecule has 1 amide bonds. The van der Waals surface area contributed by atoms with Crippen LogP contribution in [0.15, 0.2) is 56.3 Å². The minimum Gasteiger partial charge on any atom is -0.465 e. The van der Waals surface area contributed by atoms with Crippen LogP contribution >= 0.6 is 31.9 Å². The molecule has 2 aromatic carbocycles. The van der Waals surface area contributed by atoms with Crippen molar-refractivity contribution < 1.29 is 31.5 Å². The van der Waals surface area contributed by atoms with E-state index in [0.29, 0.717) is 8.95 Å². The van der Waals surface area contributed by atoms with Gasteiger partial charge in [-0.05, 0) is 64.8 Å². The fraction of sp³-hybridized carbons (Fsp3) is 0.300. The summed E-state index contributed by atoms with van der Waals surface area (Å²) in [5.41, 5.74) is -0.922. The molecule has 0 aliphatic carbocycles. The molecule has 34 heavy (non-hydrogen) atoms. The first-order valence-corrected chi connectivity index (χ1v) is 12.7. The van der Waals surface area contributed by atoms with E-state index in [-0.39, 0.29) is 30.1 Å². The number of benzene rings is 2. The van der Waals surface area contributed by atoms with Crippen molar-refractivity contribution in [3.8, 4) is 6.19 Å². The molecular formula is C20H17Br2F3N4O4S. The molecule has 0 unspecified atom stereocenters. The summed E-state index contributed by atoms with van der Waals surface area (Å²) in [7, 11) is -3.97. The zero-order chi connectivity index (χ0) is 25.3. The van der Waals surface area contributed by atoms with Gasteiger partial charge in [0.2, 0.25) is 10.0 Å². The van der Waals surface area contributed by atoms with Gasteiger partial charge in [0, 0.05) is 27.2 Å². The second-order valence-corrected chi connectivity index (χ2v) is 10.9. The molecule has 0 spiro atoms. The summed E-state index contributed by atoms with van der Waals surface area (Å²) in [4.78, 5) is 13.9. The van der Waals surface area contributed by atoms with E-state index < -0.39 is 39.9 Å². The summed E-state index contributed by atoms with van der Waals surface area (Å²) in [6.07, 6.45) is -3.94. The van der Waals surface area contributed by atoms with E-state index in [1.54, 1.807) is 12.1 Å². The Hall–Kier alpha value is -2.34. The van der Waals surface area contributed by atoms with Crippen LogP contribution in [-0.4, -0.2) is 49.7 Å². The molecule has 1 saturated heterocycles. The van der Waals surface area contributed by atoms with Gasteiger partial charge in [0.25, 0.3) is 0 Å². The van der Waals surface area contributed by atoms with Crippen molar-refractivity contribution in [3.63, 3.8) is 0 Å². The van der Waals surface area contributed by atoms with Crippen molar-refractivity contribution >= 4 is 53.7 Å². The quantitative estimate of drug-likeness (QED) is 0.453. The Morgan fingerprint density at radius 1 is 1.24 bits per heavy atom. The Kier molecular flexibility index (Phi) is 7.81. The van der Waals surface area contributed by atoms with E-state index in [1.807, 2.05) is 6.19 Å². The molecule has 1 aliphatic heterocycles.